The zero-order valence-corrected chi connectivity index (χ0v) is 22.3. The minimum atomic E-state index is -0.584. The van der Waals surface area contributed by atoms with E-state index in [-0.39, 0.29) is 18.5 Å². The third kappa shape index (κ3) is 6.42. The maximum absolute atomic E-state index is 13.2. The number of benzene rings is 2. The zero-order valence-electron chi connectivity index (χ0n) is 21.5. The normalized spacial score (nSPS) is 12.2. The second kappa shape index (κ2) is 10.6. The van der Waals surface area contributed by atoms with Crippen molar-refractivity contribution in [1.29, 1.82) is 0 Å². The molecule has 0 bridgehead atoms. The number of aryl methyl sites for hydroxylation is 1. The van der Waals surface area contributed by atoms with Gasteiger partial charge in [0.05, 0.1) is 28.5 Å². The number of thiophene rings is 1. The van der Waals surface area contributed by atoms with Crippen molar-refractivity contribution < 1.29 is 19.1 Å². The Balaban J connectivity index is 1.46. The highest BCUT2D eigenvalue weighted by Gasteiger charge is 2.18. The lowest BCUT2D eigenvalue weighted by Crippen LogP contribution is -2.32. The van der Waals surface area contributed by atoms with Crippen LogP contribution in [0, 0.1) is 6.92 Å². The van der Waals surface area contributed by atoms with E-state index >= 15 is 0 Å². The van der Waals surface area contributed by atoms with E-state index in [2.05, 4.69) is 20.6 Å². The van der Waals surface area contributed by atoms with E-state index in [1.807, 2.05) is 50.2 Å². The SMILES string of the molecule is Cc1cc2[nH]c(CNC(=O)OC(C)(C)C)nc2cc1C(=O)N[C@H](C)c1cccc(-c2ccc(C=O)s2)c1. The maximum atomic E-state index is 13.2. The molecule has 0 spiro atoms. The van der Waals surface area contributed by atoms with Gasteiger partial charge in [0.1, 0.15) is 11.4 Å². The fourth-order valence-corrected chi connectivity index (χ4v) is 4.73. The Kier molecular flexibility index (Phi) is 7.45. The first kappa shape index (κ1) is 26.1. The molecule has 2 heterocycles. The number of alkyl carbamates (subject to hydrolysis) is 1. The fraction of sp³-hybridized carbons (Fsp3) is 0.286. The van der Waals surface area contributed by atoms with Gasteiger partial charge in [0.25, 0.3) is 5.91 Å². The highest BCUT2D eigenvalue weighted by molar-refractivity contribution is 7.17. The van der Waals surface area contributed by atoms with Crippen molar-refractivity contribution in [3.63, 3.8) is 0 Å². The van der Waals surface area contributed by atoms with Gasteiger partial charge >= 0.3 is 6.09 Å². The van der Waals surface area contributed by atoms with Gasteiger partial charge in [-0.1, -0.05) is 18.2 Å². The van der Waals surface area contributed by atoms with Crippen LogP contribution < -0.4 is 10.6 Å². The molecule has 2 aromatic heterocycles. The van der Waals surface area contributed by atoms with Gasteiger partial charge in [0.15, 0.2) is 6.29 Å². The molecule has 4 rings (SSSR count). The van der Waals surface area contributed by atoms with E-state index in [1.165, 1.54) is 11.3 Å². The summed E-state index contributed by atoms with van der Waals surface area (Å²) in [5, 5.41) is 5.76. The monoisotopic (exact) mass is 518 g/mol. The molecule has 4 aromatic rings. The summed E-state index contributed by atoms with van der Waals surface area (Å²) in [6.45, 7) is 9.39. The summed E-state index contributed by atoms with van der Waals surface area (Å²) >= 11 is 1.43. The third-order valence-corrected chi connectivity index (χ3v) is 6.74. The van der Waals surface area contributed by atoms with Crippen LogP contribution in [0.4, 0.5) is 4.79 Å². The number of imidazole rings is 1. The van der Waals surface area contributed by atoms with Crippen molar-refractivity contribution in [2.45, 2.75) is 52.8 Å². The van der Waals surface area contributed by atoms with Gasteiger partial charge in [-0.25, -0.2) is 9.78 Å². The number of amides is 2. The highest BCUT2D eigenvalue weighted by atomic mass is 32.1. The minimum Gasteiger partial charge on any atom is -0.444 e. The average Bonchev–Trinajstić information content (AvgIpc) is 3.47. The Labute approximate surface area is 219 Å². The Hall–Kier alpha value is -3.98. The van der Waals surface area contributed by atoms with Crippen LogP contribution in [0.3, 0.4) is 0 Å². The van der Waals surface area contributed by atoms with Gasteiger partial charge in [0.2, 0.25) is 0 Å². The molecule has 0 aliphatic rings. The number of rotatable bonds is 7. The Morgan fingerprint density at radius 3 is 2.65 bits per heavy atom. The lowest BCUT2D eigenvalue weighted by molar-refractivity contribution is 0.0522. The molecule has 0 saturated heterocycles. The predicted molar refractivity (Wildman–Crippen MR) is 145 cm³/mol. The van der Waals surface area contributed by atoms with Crippen LogP contribution in [0.15, 0.2) is 48.5 Å². The zero-order chi connectivity index (χ0) is 26.7. The summed E-state index contributed by atoms with van der Waals surface area (Å²) in [6.07, 6.45) is 0.324. The molecular weight excluding hydrogens is 488 g/mol. The number of hydrogen-bond donors (Lipinski definition) is 3. The van der Waals surface area contributed by atoms with E-state index in [9.17, 15) is 14.4 Å². The van der Waals surface area contributed by atoms with Gasteiger partial charge in [-0.05, 0) is 81.6 Å². The van der Waals surface area contributed by atoms with Crippen LogP contribution in [0.5, 0.6) is 0 Å². The second-order valence-electron chi connectivity index (χ2n) is 9.86. The number of carbonyl (C=O) groups is 3. The predicted octanol–water partition coefficient (Wildman–Crippen LogP) is 5.93. The van der Waals surface area contributed by atoms with Crippen molar-refractivity contribution in [1.82, 2.24) is 20.6 Å². The van der Waals surface area contributed by atoms with Gasteiger partial charge in [-0.2, -0.15) is 0 Å². The molecular formula is C28H30N4O4S. The lowest BCUT2D eigenvalue weighted by atomic mass is 10.0. The van der Waals surface area contributed by atoms with E-state index in [4.69, 9.17) is 4.74 Å². The standard InChI is InChI=1S/C28H30N4O4S/c1-16-11-22-23(32-25(31-22)14-29-27(35)36-28(3,4)5)13-21(16)26(34)30-17(2)18-7-6-8-19(12-18)24-10-9-20(15-33)37-24/h6-13,15,17H,14H2,1-5H3,(H,29,35)(H,30,34)(H,31,32)/t17-/m1/s1. The molecule has 2 amide bonds. The number of H-pyrrole nitrogens is 1. The molecule has 0 saturated carbocycles. The van der Waals surface area contributed by atoms with E-state index in [0.29, 0.717) is 21.8 Å². The van der Waals surface area contributed by atoms with Crippen molar-refractivity contribution in [2.75, 3.05) is 0 Å². The number of fused-ring (bicyclic) bond motifs is 1. The lowest BCUT2D eigenvalue weighted by Gasteiger charge is -2.19. The molecule has 2 aromatic carbocycles. The molecule has 192 valence electrons. The molecule has 8 nitrogen and oxygen atoms in total. The number of aromatic nitrogens is 2. The number of ether oxygens (including phenoxy) is 1. The molecule has 0 fully saturated rings. The number of nitrogens with zero attached hydrogens (tertiary/aromatic N) is 1. The summed E-state index contributed by atoms with van der Waals surface area (Å²) < 4.78 is 5.26. The highest BCUT2D eigenvalue weighted by Crippen LogP contribution is 2.29. The molecule has 9 heteroatoms. The van der Waals surface area contributed by atoms with Crippen LogP contribution in [-0.4, -0.2) is 33.9 Å². The number of aldehydes is 1. The fourth-order valence-electron chi connectivity index (χ4n) is 3.91. The van der Waals surface area contributed by atoms with Crippen LogP contribution >= 0.6 is 11.3 Å². The summed E-state index contributed by atoms with van der Waals surface area (Å²) in [5.74, 6) is 0.363. The van der Waals surface area contributed by atoms with Crippen molar-refractivity contribution in [2.24, 2.45) is 0 Å². The summed E-state index contributed by atoms with van der Waals surface area (Å²) in [5.41, 5.74) is 4.12. The van der Waals surface area contributed by atoms with Gasteiger partial charge in [-0.3, -0.25) is 9.59 Å². The van der Waals surface area contributed by atoms with Crippen LogP contribution in [-0.2, 0) is 11.3 Å². The molecule has 1 atom stereocenters. The molecule has 0 unspecified atom stereocenters. The number of aromatic amines is 1. The molecule has 37 heavy (non-hydrogen) atoms. The number of hydrogen-bond acceptors (Lipinski definition) is 6. The minimum absolute atomic E-state index is 0.177. The number of nitrogens with one attached hydrogen (secondary N) is 3. The average molecular weight is 519 g/mol. The molecule has 0 aliphatic carbocycles. The van der Waals surface area contributed by atoms with Crippen LogP contribution in [0.25, 0.3) is 21.5 Å². The first-order valence-corrected chi connectivity index (χ1v) is 12.8. The van der Waals surface area contributed by atoms with Gasteiger partial charge < -0.3 is 20.4 Å². The third-order valence-electron chi connectivity index (χ3n) is 5.68. The summed E-state index contributed by atoms with van der Waals surface area (Å²) in [7, 11) is 0. The van der Waals surface area contributed by atoms with Crippen molar-refractivity contribution in [3.05, 3.63) is 75.9 Å². The van der Waals surface area contributed by atoms with E-state index in [0.717, 1.165) is 33.4 Å². The Morgan fingerprint density at radius 2 is 1.95 bits per heavy atom. The Bertz CT molecular complexity index is 1460. The summed E-state index contributed by atoms with van der Waals surface area (Å²) in [4.78, 5) is 45.5. The first-order valence-electron chi connectivity index (χ1n) is 11.9. The number of carbonyl (C=O) groups excluding carboxylic acids is 3. The quantitative estimate of drug-likeness (QED) is 0.263. The Morgan fingerprint density at radius 1 is 1.16 bits per heavy atom. The summed E-state index contributed by atoms with van der Waals surface area (Å²) in [6, 6.07) is 15.1. The van der Waals surface area contributed by atoms with Gasteiger partial charge in [0, 0.05) is 10.4 Å². The maximum Gasteiger partial charge on any atom is 0.408 e. The van der Waals surface area contributed by atoms with Gasteiger partial charge in [-0.15, -0.1) is 11.3 Å². The van der Waals surface area contributed by atoms with Crippen molar-refractivity contribution in [3.8, 4) is 10.4 Å². The van der Waals surface area contributed by atoms with E-state index < -0.39 is 11.7 Å². The molecule has 0 radical (unpaired) electrons. The molecule has 3 N–H and O–H groups in total. The topological polar surface area (TPSA) is 113 Å². The molecule has 0 aliphatic heterocycles. The second-order valence-corrected chi connectivity index (χ2v) is 11.0. The largest absolute Gasteiger partial charge is 0.444 e. The van der Waals surface area contributed by atoms with E-state index in [1.54, 1.807) is 32.9 Å². The smallest absolute Gasteiger partial charge is 0.408 e. The first-order chi connectivity index (χ1) is 17.5. The van der Waals surface area contributed by atoms with Crippen LogP contribution in [0.1, 0.15) is 70.7 Å². The van der Waals surface area contributed by atoms with Crippen LogP contribution in [0.2, 0.25) is 0 Å². The van der Waals surface area contributed by atoms with Crippen molar-refractivity contribution >= 4 is 40.7 Å².